The van der Waals surface area contributed by atoms with Crippen LogP contribution in [0, 0.1) is 0 Å². The lowest BCUT2D eigenvalue weighted by Gasteiger charge is -2.51. The lowest BCUT2D eigenvalue weighted by atomic mass is 9.86. The summed E-state index contributed by atoms with van der Waals surface area (Å²) in [6, 6.07) is 6.36. The second kappa shape index (κ2) is 6.30. The van der Waals surface area contributed by atoms with Crippen molar-refractivity contribution in [3.8, 4) is 11.5 Å². The fourth-order valence-corrected chi connectivity index (χ4v) is 4.02. The number of fused-ring (bicyclic) bond motifs is 1. The van der Waals surface area contributed by atoms with Crippen molar-refractivity contribution in [3.05, 3.63) is 23.8 Å². The van der Waals surface area contributed by atoms with E-state index in [0.717, 1.165) is 63.7 Å². The van der Waals surface area contributed by atoms with E-state index in [1.807, 2.05) is 6.07 Å². The van der Waals surface area contributed by atoms with Gasteiger partial charge in [0.05, 0.1) is 0 Å². The zero-order valence-corrected chi connectivity index (χ0v) is 13.9. The molecule has 0 bridgehead atoms. The van der Waals surface area contributed by atoms with Crippen LogP contribution in [-0.4, -0.2) is 68.4 Å². The van der Waals surface area contributed by atoms with Gasteiger partial charge in [-0.2, -0.15) is 0 Å². The summed E-state index contributed by atoms with van der Waals surface area (Å²) >= 11 is 0. The highest BCUT2D eigenvalue weighted by Crippen LogP contribution is 2.33. The van der Waals surface area contributed by atoms with Crippen molar-refractivity contribution < 1.29 is 14.2 Å². The van der Waals surface area contributed by atoms with Crippen molar-refractivity contribution in [2.24, 2.45) is 0 Å². The van der Waals surface area contributed by atoms with Crippen LogP contribution >= 0.6 is 0 Å². The second-order valence-electron chi connectivity index (χ2n) is 6.95. The summed E-state index contributed by atoms with van der Waals surface area (Å²) in [5.74, 6) is 1.77. The molecule has 1 aromatic carbocycles. The quantitative estimate of drug-likeness (QED) is 0.830. The Balaban J connectivity index is 1.46. The minimum absolute atomic E-state index is 0.296. The van der Waals surface area contributed by atoms with Gasteiger partial charge in [-0.1, -0.05) is 6.07 Å². The summed E-state index contributed by atoms with van der Waals surface area (Å²) < 4.78 is 16.9. The Bertz CT molecular complexity index is 557. The number of nitrogens with zero attached hydrogens (tertiary/aromatic N) is 2. The number of hydrogen-bond donors (Lipinski definition) is 0. The number of ether oxygens (including phenoxy) is 3. The lowest BCUT2D eigenvalue weighted by molar-refractivity contribution is -0.0625. The molecule has 1 aromatic rings. The molecule has 3 aliphatic heterocycles. The van der Waals surface area contributed by atoms with E-state index < -0.39 is 0 Å². The van der Waals surface area contributed by atoms with Crippen molar-refractivity contribution in [1.29, 1.82) is 0 Å². The topological polar surface area (TPSA) is 34.2 Å². The van der Waals surface area contributed by atoms with E-state index in [0.29, 0.717) is 18.8 Å². The van der Waals surface area contributed by atoms with E-state index in [1.165, 1.54) is 5.56 Å². The molecule has 0 amide bonds. The van der Waals surface area contributed by atoms with Crippen molar-refractivity contribution in [2.75, 3.05) is 53.1 Å². The minimum Gasteiger partial charge on any atom is -0.486 e. The molecule has 0 aliphatic carbocycles. The molecule has 0 unspecified atom stereocenters. The molecule has 2 saturated heterocycles. The van der Waals surface area contributed by atoms with Crippen LogP contribution in [-0.2, 0) is 11.3 Å². The molecule has 0 radical (unpaired) electrons. The van der Waals surface area contributed by atoms with Crippen LogP contribution in [0.1, 0.15) is 18.4 Å². The van der Waals surface area contributed by atoms with Gasteiger partial charge in [0.15, 0.2) is 11.5 Å². The highest BCUT2D eigenvalue weighted by Gasteiger charge is 2.40. The average molecular weight is 318 g/mol. The molecule has 0 N–H and O–H groups in total. The van der Waals surface area contributed by atoms with Gasteiger partial charge in [0.25, 0.3) is 0 Å². The van der Waals surface area contributed by atoms with E-state index in [2.05, 4.69) is 29.0 Å². The summed E-state index contributed by atoms with van der Waals surface area (Å²) in [6.07, 6.45) is 2.28. The molecule has 1 spiro atoms. The fraction of sp³-hybridized carbons (Fsp3) is 0.667. The Kier molecular flexibility index (Phi) is 4.18. The van der Waals surface area contributed by atoms with Crippen LogP contribution in [0.3, 0.4) is 0 Å². The fourth-order valence-electron chi connectivity index (χ4n) is 4.02. The zero-order valence-electron chi connectivity index (χ0n) is 13.9. The molecule has 0 aromatic heterocycles. The van der Waals surface area contributed by atoms with Gasteiger partial charge >= 0.3 is 0 Å². The van der Waals surface area contributed by atoms with Gasteiger partial charge in [-0.15, -0.1) is 0 Å². The predicted octanol–water partition coefficient (Wildman–Crippen LogP) is 1.75. The first-order valence-electron chi connectivity index (χ1n) is 8.65. The van der Waals surface area contributed by atoms with Crippen LogP contribution in [0.15, 0.2) is 18.2 Å². The average Bonchev–Trinajstić information content (AvgIpc) is 2.59. The molecule has 4 rings (SSSR count). The normalized spacial score (nSPS) is 24.7. The Morgan fingerprint density at radius 3 is 2.61 bits per heavy atom. The van der Waals surface area contributed by atoms with E-state index in [-0.39, 0.29) is 0 Å². The molecule has 0 atom stereocenters. The molecule has 126 valence electrons. The van der Waals surface area contributed by atoms with Crippen molar-refractivity contribution in [2.45, 2.75) is 24.9 Å². The van der Waals surface area contributed by atoms with Crippen molar-refractivity contribution >= 4 is 0 Å². The summed E-state index contributed by atoms with van der Waals surface area (Å²) in [5, 5.41) is 0. The third kappa shape index (κ3) is 3.05. The van der Waals surface area contributed by atoms with Gasteiger partial charge < -0.3 is 14.2 Å². The minimum atomic E-state index is 0.296. The van der Waals surface area contributed by atoms with Gasteiger partial charge in [0, 0.05) is 44.9 Å². The summed E-state index contributed by atoms with van der Waals surface area (Å²) in [4.78, 5) is 5.13. The maximum absolute atomic E-state index is 5.71. The standard InChI is InChI=1S/C18H26N2O3/c1-19-6-7-20(14-18(19)4-8-21-9-5-18)13-15-2-3-16-17(12-15)23-11-10-22-16/h2-3,12H,4-11,13-14H2,1H3. The smallest absolute Gasteiger partial charge is 0.161 e. The first-order valence-corrected chi connectivity index (χ1v) is 8.65. The van der Waals surface area contributed by atoms with Gasteiger partial charge in [0.1, 0.15) is 13.2 Å². The summed E-state index contributed by atoms with van der Waals surface area (Å²) in [5.41, 5.74) is 1.60. The van der Waals surface area contributed by atoms with Crippen LogP contribution < -0.4 is 9.47 Å². The molecule has 2 fully saturated rings. The summed E-state index contributed by atoms with van der Waals surface area (Å²) in [6.45, 7) is 7.43. The third-order valence-corrected chi connectivity index (χ3v) is 5.52. The van der Waals surface area contributed by atoms with E-state index in [9.17, 15) is 0 Å². The summed E-state index contributed by atoms with van der Waals surface area (Å²) in [7, 11) is 2.27. The zero-order chi connectivity index (χ0) is 15.7. The number of likely N-dealkylation sites (N-methyl/N-ethyl adjacent to an activating group) is 1. The highest BCUT2D eigenvalue weighted by molar-refractivity contribution is 5.43. The molecule has 3 aliphatic rings. The van der Waals surface area contributed by atoms with Crippen LogP contribution in [0.5, 0.6) is 11.5 Å². The Morgan fingerprint density at radius 1 is 1.00 bits per heavy atom. The van der Waals surface area contributed by atoms with Crippen LogP contribution in [0.4, 0.5) is 0 Å². The number of piperazine rings is 1. The number of rotatable bonds is 2. The molecule has 5 heteroatoms. The Labute approximate surface area is 138 Å². The number of hydrogen-bond acceptors (Lipinski definition) is 5. The maximum Gasteiger partial charge on any atom is 0.161 e. The van der Waals surface area contributed by atoms with Gasteiger partial charge in [-0.05, 0) is 37.6 Å². The third-order valence-electron chi connectivity index (χ3n) is 5.52. The Morgan fingerprint density at radius 2 is 1.78 bits per heavy atom. The monoisotopic (exact) mass is 318 g/mol. The van der Waals surface area contributed by atoms with E-state index >= 15 is 0 Å². The molecule has 5 nitrogen and oxygen atoms in total. The van der Waals surface area contributed by atoms with Crippen molar-refractivity contribution in [3.63, 3.8) is 0 Å². The maximum atomic E-state index is 5.71. The van der Waals surface area contributed by atoms with E-state index in [4.69, 9.17) is 14.2 Å². The first-order chi connectivity index (χ1) is 11.3. The number of benzene rings is 1. The molecule has 23 heavy (non-hydrogen) atoms. The van der Waals surface area contributed by atoms with Gasteiger partial charge in [0.2, 0.25) is 0 Å². The second-order valence-corrected chi connectivity index (χ2v) is 6.95. The van der Waals surface area contributed by atoms with Gasteiger partial charge in [-0.3, -0.25) is 9.80 Å². The van der Waals surface area contributed by atoms with E-state index in [1.54, 1.807) is 0 Å². The van der Waals surface area contributed by atoms with Crippen LogP contribution in [0.25, 0.3) is 0 Å². The predicted molar refractivity (Wildman–Crippen MR) is 88.1 cm³/mol. The largest absolute Gasteiger partial charge is 0.486 e. The molecular formula is C18H26N2O3. The Hall–Kier alpha value is -1.30. The van der Waals surface area contributed by atoms with Gasteiger partial charge in [-0.25, -0.2) is 0 Å². The SMILES string of the molecule is CN1CCN(Cc2ccc3c(c2)OCCO3)CC12CCOCC2. The highest BCUT2D eigenvalue weighted by atomic mass is 16.6. The molecule has 3 heterocycles. The molecule has 0 saturated carbocycles. The van der Waals surface area contributed by atoms with Crippen molar-refractivity contribution in [1.82, 2.24) is 9.80 Å². The van der Waals surface area contributed by atoms with Crippen LogP contribution in [0.2, 0.25) is 0 Å². The lowest BCUT2D eigenvalue weighted by Crippen LogP contribution is -2.62. The molecular weight excluding hydrogens is 292 g/mol. The first kappa shape index (κ1) is 15.2.